The van der Waals surface area contributed by atoms with Crippen LogP contribution in [0.1, 0.15) is 5.69 Å². The summed E-state index contributed by atoms with van der Waals surface area (Å²) in [4.78, 5) is 32.0. The molecule has 99 valence electrons. The van der Waals surface area contributed by atoms with Crippen molar-refractivity contribution < 1.29 is 37.5 Å². The molecule has 0 aliphatic rings. The molecule has 1 aromatic rings. The molecule has 0 bridgehead atoms. The van der Waals surface area contributed by atoms with Gasteiger partial charge in [-0.1, -0.05) is 11.8 Å². The number of aryl methyl sites for hydroxylation is 1. The molecule has 0 aliphatic heterocycles. The number of aromatic amines is 1. The largest absolute Gasteiger partial charge is 0.490 e. The molecule has 1 radical (unpaired) electrons. The van der Waals surface area contributed by atoms with E-state index in [1.165, 1.54) is 11.8 Å². The number of carbonyl (C=O) groups is 1. The van der Waals surface area contributed by atoms with Crippen molar-refractivity contribution in [2.24, 2.45) is 0 Å². The second-order valence-corrected chi connectivity index (χ2v) is 4.28. The maximum Gasteiger partial charge on any atom is 0.285 e. The van der Waals surface area contributed by atoms with Crippen molar-refractivity contribution in [1.29, 1.82) is 0 Å². The molecule has 1 rings (SSSR count). The van der Waals surface area contributed by atoms with Crippen molar-refractivity contribution in [2.45, 2.75) is 12.1 Å². The monoisotopic (exact) mass is 355 g/mol. The molecule has 9 heteroatoms. The van der Waals surface area contributed by atoms with Gasteiger partial charge in [0.25, 0.3) is 17.3 Å². The molecule has 0 saturated carbocycles. The van der Waals surface area contributed by atoms with Gasteiger partial charge in [0, 0.05) is 45.0 Å². The summed E-state index contributed by atoms with van der Waals surface area (Å²) in [5.74, 6) is 0.549. The summed E-state index contributed by atoms with van der Waals surface area (Å²) in [6.45, 7) is 8.86. The van der Waals surface area contributed by atoms with Crippen molar-refractivity contribution in [3.63, 3.8) is 0 Å². The van der Waals surface area contributed by atoms with Crippen LogP contribution in [0.15, 0.2) is 9.95 Å². The fourth-order valence-corrected chi connectivity index (χ4v) is 1.89. The Morgan fingerprint density at radius 2 is 2.32 bits per heavy atom. The third-order valence-electron chi connectivity index (χ3n) is 1.95. The van der Waals surface area contributed by atoms with Crippen LogP contribution in [0.3, 0.4) is 0 Å². The van der Waals surface area contributed by atoms with Gasteiger partial charge in [0.1, 0.15) is 0 Å². The van der Waals surface area contributed by atoms with Gasteiger partial charge < -0.3 is 15.6 Å². The van der Waals surface area contributed by atoms with E-state index in [1.54, 1.807) is 6.92 Å². The zero-order chi connectivity index (χ0) is 13.5. The summed E-state index contributed by atoms with van der Waals surface area (Å²) in [6, 6.07) is -0.364. The van der Waals surface area contributed by atoms with Gasteiger partial charge in [0.15, 0.2) is 5.16 Å². The van der Waals surface area contributed by atoms with E-state index in [0.29, 0.717) is 23.1 Å². The summed E-state index contributed by atoms with van der Waals surface area (Å²) < 4.78 is 0. The first-order valence-electron chi connectivity index (χ1n) is 5.00. The van der Waals surface area contributed by atoms with Crippen LogP contribution >= 0.6 is 11.8 Å². The molecule has 7 nitrogen and oxygen atoms in total. The van der Waals surface area contributed by atoms with E-state index in [9.17, 15) is 9.59 Å². The standard InChI is InChI=1S/C10H12N5O2S.Y/c1-6-7(11-2)8(16)15-10(14-6)18-5-4-13-9(17)12-3;/h3-5H2,1H3,(H2,12,13,17)(H,14,15,16);/q-1;. The molecule has 0 saturated heterocycles. The topological polar surface area (TPSA) is 91.2 Å². The summed E-state index contributed by atoms with van der Waals surface area (Å²) in [5, 5.41) is 5.17. The molecule has 0 aromatic carbocycles. The van der Waals surface area contributed by atoms with Crippen LogP contribution in [0.4, 0.5) is 10.5 Å². The molecular weight excluding hydrogens is 343 g/mol. The summed E-state index contributed by atoms with van der Waals surface area (Å²) in [7, 11) is 3.21. The number of nitrogens with one attached hydrogen (secondary N) is 3. The average molecular weight is 355 g/mol. The van der Waals surface area contributed by atoms with Crippen LogP contribution in [0.2, 0.25) is 0 Å². The minimum Gasteiger partial charge on any atom is -0.490 e. The molecule has 0 spiro atoms. The van der Waals surface area contributed by atoms with E-state index in [4.69, 9.17) is 6.57 Å². The van der Waals surface area contributed by atoms with Crippen LogP contribution in [0.5, 0.6) is 0 Å². The Morgan fingerprint density at radius 1 is 1.63 bits per heavy atom. The van der Waals surface area contributed by atoms with E-state index in [1.807, 2.05) is 0 Å². The van der Waals surface area contributed by atoms with E-state index < -0.39 is 5.56 Å². The zero-order valence-corrected chi connectivity index (χ0v) is 14.0. The molecule has 0 unspecified atom stereocenters. The van der Waals surface area contributed by atoms with Crippen molar-refractivity contribution in [3.8, 4) is 0 Å². The van der Waals surface area contributed by atoms with Gasteiger partial charge in [0.05, 0.1) is 12.3 Å². The number of hydrogen-bond acceptors (Lipinski definition) is 4. The Kier molecular flexibility index (Phi) is 8.64. The molecule has 3 N–H and O–H groups in total. The van der Waals surface area contributed by atoms with Gasteiger partial charge in [-0.15, -0.1) is 0 Å². The maximum absolute atomic E-state index is 11.5. The molecular formula is C10H12N5O2SY-. The SMILES string of the molecule is [C-]#[N+]c1c(C)nc(SCCNC(=O)N[CH2-])[nH]c1=O.[Y]. The number of hydrogen-bond donors (Lipinski definition) is 3. The smallest absolute Gasteiger partial charge is 0.285 e. The van der Waals surface area contributed by atoms with Gasteiger partial charge in [-0.2, -0.15) is 0 Å². The molecule has 2 amide bonds. The molecule has 0 atom stereocenters. The molecule has 1 heterocycles. The van der Waals surface area contributed by atoms with Crippen molar-refractivity contribution in [1.82, 2.24) is 20.6 Å². The predicted octanol–water partition coefficient (Wildman–Crippen LogP) is 0.809. The van der Waals surface area contributed by atoms with Crippen LogP contribution in [-0.4, -0.2) is 28.3 Å². The second-order valence-electron chi connectivity index (χ2n) is 3.20. The number of urea groups is 1. The van der Waals surface area contributed by atoms with Crippen LogP contribution in [-0.2, 0) is 32.7 Å². The Labute approximate surface area is 140 Å². The number of amides is 2. The van der Waals surface area contributed by atoms with Crippen LogP contribution < -0.4 is 16.2 Å². The van der Waals surface area contributed by atoms with E-state index in [-0.39, 0.29) is 44.4 Å². The number of nitrogens with zero attached hydrogens (tertiary/aromatic N) is 2. The Hall–Kier alpha value is -0.906. The minimum absolute atomic E-state index is 0. The summed E-state index contributed by atoms with van der Waals surface area (Å²) in [6.07, 6.45) is 0. The number of aromatic nitrogens is 2. The molecule has 0 aliphatic carbocycles. The normalized spacial score (nSPS) is 9.11. The minimum atomic E-state index is -0.441. The first-order chi connectivity index (χ1) is 8.58. The fraction of sp³-hybridized carbons (Fsp3) is 0.300. The summed E-state index contributed by atoms with van der Waals surface area (Å²) >= 11 is 1.29. The van der Waals surface area contributed by atoms with Gasteiger partial charge in [-0.25, -0.2) is 9.83 Å². The average Bonchev–Trinajstić information content (AvgIpc) is 2.34. The third-order valence-corrected chi connectivity index (χ3v) is 2.82. The van der Waals surface area contributed by atoms with Crippen molar-refractivity contribution >= 4 is 23.5 Å². The first kappa shape index (κ1) is 18.1. The quantitative estimate of drug-likeness (QED) is 0.323. The third kappa shape index (κ3) is 5.72. The van der Waals surface area contributed by atoms with Crippen LogP contribution in [0, 0.1) is 20.5 Å². The first-order valence-corrected chi connectivity index (χ1v) is 5.99. The number of rotatable bonds is 4. The number of thioether (sulfide) groups is 1. The number of carbonyl (C=O) groups excluding carboxylic acids is 1. The predicted molar refractivity (Wildman–Crippen MR) is 68.5 cm³/mol. The van der Waals surface area contributed by atoms with Crippen molar-refractivity contribution in [3.05, 3.63) is 34.5 Å². The molecule has 19 heavy (non-hydrogen) atoms. The molecule has 0 fully saturated rings. The summed E-state index contributed by atoms with van der Waals surface area (Å²) in [5.41, 5.74) is -0.0305. The zero-order valence-electron chi connectivity index (χ0n) is 10.3. The van der Waals surface area contributed by atoms with Gasteiger partial charge >= 0.3 is 0 Å². The van der Waals surface area contributed by atoms with E-state index >= 15 is 0 Å². The maximum atomic E-state index is 11.5. The van der Waals surface area contributed by atoms with Gasteiger partial charge in [-0.05, 0) is 6.92 Å². The van der Waals surface area contributed by atoms with E-state index in [2.05, 4.69) is 32.5 Å². The van der Waals surface area contributed by atoms with Gasteiger partial charge in [0.2, 0.25) is 0 Å². The Balaban J connectivity index is 0.00000324. The Bertz CT molecular complexity index is 540. The Morgan fingerprint density at radius 3 is 2.84 bits per heavy atom. The fourth-order valence-electron chi connectivity index (χ4n) is 1.13. The second kappa shape index (κ2) is 9.07. The van der Waals surface area contributed by atoms with Crippen LogP contribution in [0.25, 0.3) is 4.85 Å². The van der Waals surface area contributed by atoms with Crippen molar-refractivity contribution in [2.75, 3.05) is 12.3 Å². The van der Waals surface area contributed by atoms with E-state index in [0.717, 1.165) is 0 Å². The number of H-pyrrole nitrogens is 1. The molecule has 1 aromatic heterocycles. The van der Waals surface area contributed by atoms with Gasteiger partial charge in [-0.3, -0.25) is 16.6 Å².